The second kappa shape index (κ2) is 9.21. The summed E-state index contributed by atoms with van der Waals surface area (Å²) < 4.78 is 40.3. The Hall–Kier alpha value is -4.05. The number of ketones is 1. The zero-order valence-electron chi connectivity index (χ0n) is 17.2. The molecule has 4 aromatic rings. The Kier molecular flexibility index (Phi) is 6.18. The van der Waals surface area contributed by atoms with Crippen molar-refractivity contribution >= 4 is 21.6 Å². The molecular weight excluding hydrogens is 447 g/mol. The topological polar surface area (TPSA) is 118 Å². The van der Waals surface area contributed by atoms with E-state index in [1.165, 1.54) is 18.7 Å². The molecule has 0 saturated carbocycles. The van der Waals surface area contributed by atoms with Gasteiger partial charge < -0.3 is 5.11 Å². The van der Waals surface area contributed by atoms with Gasteiger partial charge in [0.05, 0.1) is 4.90 Å². The first-order chi connectivity index (χ1) is 15.8. The molecule has 0 aliphatic rings. The zero-order chi connectivity index (χ0) is 23.4. The standard InChI is InChI=1S/C23H19FN4O4S/c24-18-8-10-19(11-9-18)33(31,32)28-13-17(7-6-16-4-2-1-3-5-16)20(14-28)21(29)12-22(30)23-25-15-26-27-23/h1-5,8-15,30H,6-7H2,(H,25,26,27). The maximum absolute atomic E-state index is 13.3. The van der Waals surface area contributed by atoms with Crippen molar-refractivity contribution in [1.82, 2.24) is 19.2 Å². The Labute approximate surface area is 189 Å². The molecule has 4 rings (SSSR count). The van der Waals surface area contributed by atoms with Crippen LogP contribution in [0.4, 0.5) is 4.39 Å². The smallest absolute Gasteiger partial charge is 0.267 e. The largest absolute Gasteiger partial charge is 0.504 e. The second-order valence-electron chi connectivity index (χ2n) is 7.19. The van der Waals surface area contributed by atoms with Crippen LogP contribution >= 0.6 is 0 Å². The first kappa shape index (κ1) is 22.2. The van der Waals surface area contributed by atoms with Crippen molar-refractivity contribution in [2.45, 2.75) is 17.7 Å². The van der Waals surface area contributed by atoms with Crippen molar-refractivity contribution < 1.29 is 22.7 Å². The Morgan fingerprint density at radius 1 is 1.06 bits per heavy atom. The number of aliphatic hydroxyl groups is 1. The van der Waals surface area contributed by atoms with Gasteiger partial charge in [0, 0.05) is 24.0 Å². The van der Waals surface area contributed by atoms with E-state index in [9.17, 15) is 22.7 Å². The van der Waals surface area contributed by atoms with E-state index in [1.807, 2.05) is 30.3 Å². The summed E-state index contributed by atoms with van der Waals surface area (Å²) in [5.41, 5.74) is 1.61. The molecule has 8 nitrogen and oxygen atoms in total. The fraction of sp³-hybridized carbons (Fsp3) is 0.0870. The van der Waals surface area contributed by atoms with Gasteiger partial charge in [0.1, 0.15) is 12.1 Å². The lowest BCUT2D eigenvalue weighted by Gasteiger charge is -2.05. The van der Waals surface area contributed by atoms with Gasteiger partial charge in [-0.3, -0.25) is 9.89 Å². The third-order valence-electron chi connectivity index (χ3n) is 4.98. The highest BCUT2D eigenvalue weighted by Crippen LogP contribution is 2.22. The van der Waals surface area contributed by atoms with E-state index in [4.69, 9.17) is 0 Å². The number of hydrogen-bond donors (Lipinski definition) is 2. The predicted molar refractivity (Wildman–Crippen MR) is 119 cm³/mol. The van der Waals surface area contributed by atoms with Gasteiger partial charge in [-0.25, -0.2) is 21.8 Å². The summed E-state index contributed by atoms with van der Waals surface area (Å²) in [5, 5.41) is 16.3. The normalized spacial score (nSPS) is 12.1. The molecule has 168 valence electrons. The molecule has 0 atom stereocenters. The number of carbonyl (C=O) groups excluding carboxylic acids is 1. The molecule has 0 spiro atoms. The summed E-state index contributed by atoms with van der Waals surface area (Å²) in [5.74, 6) is -1.68. The van der Waals surface area contributed by atoms with Crippen LogP contribution in [-0.2, 0) is 22.9 Å². The minimum atomic E-state index is -4.06. The zero-order valence-corrected chi connectivity index (χ0v) is 18.0. The molecule has 2 aromatic carbocycles. The SMILES string of the molecule is O=C(C=C(O)c1nc[nH]n1)c1cn(S(=O)(=O)c2ccc(F)cc2)cc1CCc1ccccc1. The molecule has 0 unspecified atom stereocenters. The molecule has 0 radical (unpaired) electrons. The van der Waals surface area contributed by atoms with Gasteiger partial charge >= 0.3 is 0 Å². The number of aryl methyl sites for hydroxylation is 2. The van der Waals surface area contributed by atoms with Crippen molar-refractivity contribution in [2.75, 3.05) is 0 Å². The molecule has 0 bridgehead atoms. The second-order valence-corrected chi connectivity index (χ2v) is 9.03. The highest BCUT2D eigenvalue weighted by atomic mass is 32.2. The van der Waals surface area contributed by atoms with Gasteiger partial charge in [-0.1, -0.05) is 30.3 Å². The van der Waals surface area contributed by atoms with E-state index < -0.39 is 27.4 Å². The van der Waals surface area contributed by atoms with Gasteiger partial charge in [-0.15, -0.1) is 0 Å². The van der Waals surface area contributed by atoms with E-state index in [0.29, 0.717) is 18.4 Å². The van der Waals surface area contributed by atoms with Crippen LogP contribution in [-0.4, -0.2) is 38.5 Å². The van der Waals surface area contributed by atoms with Gasteiger partial charge in [0.25, 0.3) is 10.0 Å². The van der Waals surface area contributed by atoms with Gasteiger partial charge in [-0.2, -0.15) is 5.10 Å². The van der Waals surface area contributed by atoms with E-state index in [1.54, 1.807) is 0 Å². The van der Waals surface area contributed by atoms with Crippen LogP contribution in [0, 0.1) is 5.82 Å². The van der Waals surface area contributed by atoms with Crippen LogP contribution in [0.3, 0.4) is 0 Å². The van der Waals surface area contributed by atoms with Crippen molar-refractivity contribution in [3.05, 3.63) is 108 Å². The number of rotatable bonds is 8. The van der Waals surface area contributed by atoms with Crippen molar-refractivity contribution in [3.8, 4) is 0 Å². The third kappa shape index (κ3) is 4.90. The average Bonchev–Trinajstić information content (AvgIpc) is 3.49. The fourth-order valence-electron chi connectivity index (χ4n) is 3.28. The van der Waals surface area contributed by atoms with Gasteiger partial charge in [-0.05, 0) is 48.2 Å². The highest BCUT2D eigenvalue weighted by Gasteiger charge is 2.22. The lowest BCUT2D eigenvalue weighted by molar-refractivity contribution is 0.104. The molecule has 0 fully saturated rings. The van der Waals surface area contributed by atoms with Crippen molar-refractivity contribution in [3.63, 3.8) is 0 Å². The Bertz CT molecular complexity index is 1390. The third-order valence-corrected chi connectivity index (χ3v) is 6.61. The molecule has 2 heterocycles. The number of benzene rings is 2. The van der Waals surface area contributed by atoms with Crippen LogP contribution in [0.15, 0.2) is 84.3 Å². The number of aromatic nitrogens is 4. The Morgan fingerprint density at radius 3 is 2.45 bits per heavy atom. The molecule has 2 aromatic heterocycles. The molecule has 0 saturated heterocycles. The number of H-pyrrole nitrogens is 1. The Morgan fingerprint density at radius 2 is 1.79 bits per heavy atom. The summed E-state index contributed by atoms with van der Waals surface area (Å²) >= 11 is 0. The number of allylic oxidation sites excluding steroid dienone is 1. The van der Waals surface area contributed by atoms with E-state index in [-0.39, 0.29) is 16.3 Å². The van der Waals surface area contributed by atoms with E-state index >= 15 is 0 Å². The summed E-state index contributed by atoms with van der Waals surface area (Å²) in [7, 11) is -4.06. The lowest BCUT2D eigenvalue weighted by Crippen LogP contribution is -2.11. The van der Waals surface area contributed by atoms with E-state index in [2.05, 4.69) is 15.2 Å². The maximum Gasteiger partial charge on any atom is 0.267 e. The number of nitrogens with one attached hydrogen (secondary N) is 1. The van der Waals surface area contributed by atoms with Gasteiger partial charge in [0.2, 0.25) is 5.82 Å². The number of carbonyl (C=O) groups is 1. The van der Waals surface area contributed by atoms with Gasteiger partial charge in [0.15, 0.2) is 11.5 Å². The average molecular weight is 466 g/mol. The molecule has 2 N–H and O–H groups in total. The molecule has 10 heteroatoms. The quantitative estimate of drug-likeness (QED) is 0.233. The summed E-state index contributed by atoms with van der Waals surface area (Å²) in [6.45, 7) is 0. The van der Waals surface area contributed by atoms with Crippen molar-refractivity contribution in [2.24, 2.45) is 0 Å². The number of hydrogen-bond acceptors (Lipinski definition) is 6. The van der Waals surface area contributed by atoms with E-state index in [0.717, 1.165) is 39.9 Å². The Balaban J connectivity index is 1.71. The first-order valence-corrected chi connectivity index (χ1v) is 11.4. The van der Waals surface area contributed by atoms with Crippen LogP contribution in [0.2, 0.25) is 0 Å². The maximum atomic E-state index is 13.3. The van der Waals surface area contributed by atoms with Crippen LogP contribution in [0.1, 0.15) is 27.3 Å². The number of aromatic amines is 1. The van der Waals surface area contributed by atoms with Crippen molar-refractivity contribution in [1.29, 1.82) is 0 Å². The lowest BCUT2D eigenvalue weighted by atomic mass is 10.0. The summed E-state index contributed by atoms with van der Waals surface area (Å²) in [4.78, 5) is 16.6. The predicted octanol–water partition coefficient (Wildman–Crippen LogP) is 3.55. The fourth-order valence-corrected chi connectivity index (χ4v) is 4.51. The first-order valence-electron chi connectivity index (χ1n) is 9.91. The van der Waals surface area contributed by atoms with Crippen LogP contribution in [0.5, 0.6) is 0 Å². The monoisotopic (exact) mass is 466 g/mol. The minimum Gasteiger partial charge on any atom is -0.504 e. The highest BCUT2D eigenvalue weighted by molar-refractivity contribution is 7.90. The number of nitrogens with zero attached hydrogens (tertiary/aromatic N) is 3. The number of halogens is 1. The molecule has 0 aliphatic carbocycles. The summed E-state index contributed by atoms with van der Waals surface area (Å²) in [6, 6.07) is 14.0. The number of aliphatic hydroxyl groups excluding tert-OH is 1. The molecule has 0 aliphatic heterocycles. The summed E-state index contributed by atoms with van der Waals surface area (Å²) in [6.07, 6.45) is 5.71. The minimum absolute atomic E-state index is 0.0625. The molecular formula is C23H19FN4O4S. The molecule has 0 amide bonds. The van der Waals surface area contributed by atoms with Crippen LogP contribution < -0.4 is 0 Å². The molecule has 33 heavy (non-hydrogen) atoms. The van der Waals surface area contributed by atoms with Crippen LogP contribution in [0.25, 0.3) is 5.76 Å².